The SMILES string of the molecule is CC(C)(c1ccccc1)c1ccc(Br)c(-c2ccccc2)c1. The van der Waals surface area contributed by atoms with Crippen LogP contribution < -0.4 is 0 Å². The molecule has 1 heteroatoms. The molecule has 110 valence electrons. The van der Waals surface area contributed by atoms with Crippen molar-refractivity contribution >= 4 is 15.9 Å². The summed E-state index contributed by atoms with van der Waals surface area (Å²) in [5, 5.41) is 0. The van der Waals surface area contributed by atoms with Gasteiger partial charge in [0.25, 0.3) is 0 Å². The van der Waals surface area contributed by atoms with Crippen LogP contribution in [0.25, 0.3) is 11.1 Å². The van der Waals surface area contributed by atoms with Gasteiger partial charge in [0.15, 0.2) is 0 Å². The molecule has 0 saturated heterocycles. The third-order valence-corrected chi connectivity index (χ3v) is 4.96. The second kappa shape index (κ2) is 6.10. The standard InChI is InChI=1S/C21H19Br/c1-21(2,17-11-7-4-8-12-17)18-13-14-20(22)19(15-18)16-9-5-3-6-10-16/h3-15H,1-2H3. The van der Waals surface area contributed by atoms with Gasteiger partial charge in [-0.1, -0.05) is 96.5 Å². The molecule has 0 bridgehead atoms. The molecule has 0 atom stereocenters. The summed E-state index contributed by atoms with van der Waals surface area (Å²) >= 11 is 3.69. The minimum atomic E-state index is -0.0223. The van der Waals surface area contributed by atoms with Crippen LogP contribution in [0, 0.1) is 0 Å². The summed E-state index contributed by atoms with van der Waals surface area (Å²) in [5.74, 6) is 0. The Bertz CT molecular complexity index is 758. The van der Waals surface area contributed by atoms with E-state index in [0.717, 1.165) is 4.47 Å². The number of rotatable bonds is 3. The largest absolute Gasteiger partial charge is 0.0622 e. The predicted molar refractivity (Wildman–Crippen MR) is 98.1 cm³/mol. The van der Waals surface area contributed by atoms with Gasteiger partial charge in [-0.05, 0) is 34.4 Å². The molecule has 3 aromatic rings. The van der Waals surface area contributed by atoms with Crippen LogP contribution in [-0.4, -0.2) is 0 Å². The number of halogens is 1. The summed E-state index contributed by atoms with van der Waals surface area (Å²) in [7, 11) is 0. The van der Waals surface area contributed by atoms with Gasteiger partial charge < -0.3 is 0 Å². The molecule has 0 aromatic heterocycles. The molecule has 3 rings (SSSR count). The highest BCUT2D eigenvalue weighted by Crippen LogP contribution is 2.36. The minimum Gasteiger partial charge on any atom is -0.0622 e. The third kappa shape index (κ3) is 2.86. The lowest BCUT2D eigenvalue weighted by atomic mass is 9.77. The molecule has 0 heterocycles. The molecule has 0 fully saturated rings. The average molecular weight is 351 g/mol. The monoisotopic (exact) mass is 350 g/mol. The lowest BCUT2D eigenvalue weighted by molar-refractivity contribution is 0.641. The van der Waals surface area contributed by atoms with Crippen molar-refractivity contribution < 1.29 is 0 Å². The highest BCUT2D eigenvalue weighted by molar-refractivity contribution is 9.10. The van der Waals surface area contributed by atoms with Crippen LogP contribution in [-0.2, 0) is 5.41 Å². The Morgan fingerprint density at radius 3 is 1.91 bits per heavy atom. The lowest BCUT2D eigenvalue weighted by Gasteiger charge is -2.27. The van der Waals surface area contributed by atoms with E-state index in [9.17, 15) is 0 Å². The van der Waals surface area contributed by atoms with Gasteiger partial charge in [0.1, 0.15) is 0 Å². The summed E-state index contributed by atoms with van der Waals surface area (Å²) in [6, 6.07) is 27.9. The molecular formula is C21H19Br. The Hall–Kier alpha value is -1.86. The Morgan fingerprint density at radius 2 is 1.27 bits per heavy atom. The highest BCUT2D eigenvalue weighted by atomic mass is 79.9. The van der Waals surface area contributed by atoms with E-state index in [0.29, 0.717) is 0 Å². The molecular weight excluding hydrogens is 332 g/mol. The third-order valence-electron chi connectivity index (χ3n) is 4.27. The maximum Gasteiger partial charge on any atom is 0.0253 e. The van der Waals surface area contributed by atoms with Crippen molar-refractivity contribution in [3.63, 3.8) is 0 Å². The fourth-order valence-corrected chi connectivity index (χ4v) is 3.25. The van der Waals surface area contributed by atoms with Gasteiger partial charge in [0.2, 0.25) is 0 Å². The van der Waals surface area contributed by atoms with E-state index < -0.39 is 0 Å². The zero-order valence-electron chi connectivity index (χ0n) is 12.9. The first-order valence-electron chi connectivity index (χ1n) is 7.50. The van der Waals surface area contributed by atoms with Crippen LogP contribution in [0.4, 0.5) is 0 Å². The van der Waals surface area contributed by atoms with Crippen molar-refractivity contribution in [2.45, 2.75) is 19.3 Å². The zero-order valence-corrected chi connectivity index (χ0v) is 14.5. The van der Waals surface area contributed by atoms with Gasteiger partial charge >= 0.3 is 0 Å². The Labute approximate surface area is 141 Å². The zero-order chi connectivity index (χ0) is 15.6. The molecule has 22 heavy (non-hydrogen) atoms. The second-order valence-electron chi connectivity index (χ2n) is 6.05. The number of hydrogen-bond acceptors (Lipinski definition) is 0. The average Bonchev–Trinajstić information content (AvgIpc) is 2.57. The van der Waals surface area contributed by atoms with Crippen LogP contribution in [0.1, 0.15) is 25.0 Å². The second-order valence-corrected chi connectivity index (χ2v) is 6.91. The van der Waals surface area contributed by atoms with E-state index in [1.807, 2.05) is 0 Å². The normalized spacial score (nSPS) is 11.4. The first-order valence-corrected chi connectivity index (χ1v) is 8.29. The quantitative estimate of drug-likeness (QED) is 0.509. The minimum absolute atomic E-state index is 0.0223. The molecule has 0 spiro atoms. The Balaban J connectivity index is 2.10. The van der Waals surface area contributed by atoms with Crippen molar-refractivity contribution in [2.24, 2.45) is 0 Å². The van der Waals surface area contributed by atoms with Crippen LogP contribution in [0.3, 0.4) is 0 Å². The van der Waals surface area contributed by atoms with Gasteiger partial charge in [0, 0.05) is 9.89 Å². The van der Waals surface area contributed by atoms with Crippen molar-refractivity contribution in [3.05, 3.63) is 94.5 Å². The Kier molecular flexibility index (Phi) is 4.17. The van der Waals surface area contributed by atoms with Gasteiger partial charge in [-0.25, -0.2) is 0 Å². The van der Waals surface area contributed by atoms with E-state index in [2.05, 4.69) is 109 Å². The summed E-state index contributed by atoms with van der Waals surface area (Å²) in [5.41, 5.74) is 5.10. The molecule has 0 amide bonds. The Morgan fingerprint density at radius 1 is 0.682 bits per heavy atom. The lowest BCUT2D eigenvalue weighted by Crippen LogP contribution is -2.18. The maximum absolute atomic E-state index is 3.69. The van der Waals surface area contributed by atoms with E-state index in [1.54, 1.807) is 0 Å². The first-order chi connectivity index (χ1) is 10.6. The van der Waals surface area contributed by atoms with Crippen LogP contribution in [0.5, 0.6) is 0 Å². The van der Waals surface area contributed by atoms with Gasteiger partial charge in [-0.3, -0.25) is 0 Å². The molecule has 0 unspecified atom stereocenters. The maximum atomic E-state index is 3.69. The molecule has 0 saturated carbocycles. The fourth-order valence-electron chi connectivity index (χ4n) is 2.77. The predicted octanol–water partition coefficient (Wildman–Crippen LogP) is 6.44. The van der Waals surface area contributed by atoms with E-state index in [4.69, 9.17) is 0 Å². The smallest absolute Gasteiger partial charge is 0.0253 e. The fraction of sp³-hybridized carbons (Fsp3) is 0.143. The van der Waals surface area contributed by atoms with Gasteiger partial charge in [-0.15, -0.1) is 0 Å². The molecule has 3 aromatic carbocycles. The van der Waals surface area contributed by atoms with E-state index in [1.165, 1.54) is 22.3 Å². The van der Waals surface area contributed by atoms with Crippen LogP contribution in [0.2, 0.25) is 0 Å². The van der Waals surface area contributed by atoms with Crippen molar-refractivity contribution in [1.82, 2.24) is 0 Å². The summed E-state index contributed by atoms with van der Waals surface area (Å²) in [6.45, 7) is 4.56. The van der Waals surface area contributed by atoms with Gasteiger partial charge in [0.05, 0.1) is 0 Å². The van der Waals surface area contributed by atoms with Crippen LogP contribution >= 0.6 is 15.9 Å². The molecule has 0 radical (unpaired) electrons. The van der Waals surface area contributed by atoms with Crippen molar-refractivity contribution in [1.29, 1.82) is 0 Å². The summed E-state index contributed by atoms with van der Waals surface area (Å²) in [6.07, 6.45) is 0. The number of benzene rings is 3. The van der Waals surface area contributed by atoms with E-state index in [-0.39, 0.29) is 5.41 Å². The highest BCUT2D eigenvalue weighted by Gasteiger charge is 2.23. The van der Waals surface area contributed by atoms with Crippen molar-refractivity contribution in [3.8, 4) is 11.1 Å². The van der Waals surface area contributed by atoms with Crippen LogP contribution in [0.15, 0.2) is 83.3 Å². The van der Waals surface area contributed by atoms with E-state index >= 15 is 0 Å². The first kappa shape index (κ1) is 15.1. The molecule has 0 nitrogen and oxygen atoms in total. The topological polar surface area (TPSA) is 0 Å². The molecule has 0 aliphatic rings. The summed E-state index contributed by atoms with van der Waals surface area (Å²) < 4.78 is 1.13. The van der Waals surface area contributed by atoms with Crippen molar-refractivity contribution in [2.75, 3.05) is 0 Å². The summed E-state index contributed by atoms with van der Waals surface area (Å²) in [4.78, 5) is 0. The number of hydrogen-bond donors (Lipinski definition) is 0. The molecule has 0 N–H and O–H groups in total. The molecule has 0 aliphatic carbocycles. The van der Waals surface area contributed by atoms with Gasteiger partial charge in [-0.2, -0.15) is 0 Å². The molecule has 0 aliphatic heterocycles.